The van der Waals surface area contributed by atoms with Crippen LogP contribution >= 0.6 is 0 Å². The Morgan fingerprint density at radius 2 is 2.33 bits per heavy atom. The fourth-order valence-corrected chi connectivity index (χ4v) is 0.768. The first-order valence-electron chi connectivity index (χ1n) is 3.00. The summed E-state index contributed by atoms with van der Waals surface area (Å²) in [6, 6.07) is 0. The number of amidine groups is 1. The van der Waals surface area contributed by atoms with Gasteiger partial charge >= 0.3 is 0 Å². The SMILES string of the molecule is CC(C)C1=NC=C[NH+]1[O-]. The van der Waals surface area contributed by atoms with E-state index < -0.39 is 0 Å². The summed E-state index contributed by atoms with van der Waals surface area (Å²) in [5.74, 6) is 0.933. The van der Waals surface area contributed by atoms with Crippen LogP contribution in [-0.2, 0) is 0 Å². The topological polar surface area (TPSA) is 39.9 Å². The highest BCUT2D eigenvalue weighted by Gasteiger charge is 2.14. The molecule has 0 aromatic rings. The molecule has 0 spiro atoms. The van der Waals surface area contributed by atoms with Crippen molar-refractivity contribution in [3.8, 4) is 0 Å². The largest absolute Gasteiger partial charge is 0.623 e. The van der Waals surface area contributed by atoms with E-state index in [4.69, 9.17) is 0 Å². The van der Waals surface area contributed by atoms with Gasteiger partial charge in [0.1, 0.15) is 6.20 Å². The molecular formula is C6H10N2O. The molecule has 0 bridgehead atoms. The Bertz CT molecular complexity index is 160. The molecule has 3 heteroatoms. The molecule has 0 aliphatic carbocycles. The van der Waals surface area contributed by atoms with Crippen molar-refractivity contribution in [1.82, 2.24) is 0 Å². The highest BCUT2D eigenvalue weighted by Crippen LogP contribution is 1.94. The summed E-state index contributed by atoms with van der Waals surface area (Å²) in [4.78, 5) is 3.90. The first kappa shape index (κ1) is 6.45. The molecular weight excluding hydrogens is 116 g/mol. The molecule has 1 aliphatic heterocycles. The lowest BCUT2D eigenvalue weighted by atomic mass is 10.2. The number of hydroxylamine groups is 2. The molecule has 1 heterocycles. The lowest BCUT2D eigenvalue weighted by Gasteiger charge is -2.15. The van der Waals surface area contributed by atoms with Crippen LogP contribution in [0, 0.1) is 11.1 Å². The Balaban J connectivity index is 2.64. The van der Waals surface area contributed by atoms with E-state index >= 15 is 0 Å². The zero-order valence-electron chi connectivity index (χ0n) is 5.59. The van der Waals surface area contributed by atoms with Gasteiger partial charge in [-0.2, -0.15) is 0 Å². The minimum Gasteiger partial charge on any atom is -0.623 e. The molecule has 9 heavy (non-hydrogen) atoms. The summed E-state index contributed by atoms with van der Waals surface area (Å²) in [6.45, 7) is 3.92. The highest BCUT2D eigenvalue weighted by atomic mass is 16.5. The lowest BCUT2D eigenvalue weighted by Crippen LogP contribution is -3.05. The van der Waals surface area contributed by atoms with E-state index in [0.717, 1.165) is 0 Å². The number of nitrogens with one attached hydrogen (secondary N) is 1. The third-order valence-corrected chi connectivity index (χ3v) is 1.24. The highest BCUT2D eigenvalue weighted by molar-refractivity contribution is 5.77. The number of nitrogens with zero attached hydrogens (tertiary/aromatic N) is 1. The second kappa shape index (κ2) is 2.29. The number of hydrogen-bond donors (Lipinski definition) is 1. The van der Waals surface area contributed by atoms with Crippen molar-refractivity contribution in [2.75, 3.05) is 0 Å². The van der Waals surface area contributed by atoms with Crippen LogP contribution in [0.4, 0.5) is 0 Å². The van der Waals surface area contributed by atoms with E-state index in [1.165, 1.54) is 6.20 Å². The first-order chi connectivity index (χ1) is 4.22. The first-order valence-corrected chi connectivity index (χ1v) is 3.00. The average Bonchev–Trinajstić information content (AvgIpc) is 2.13. The van der Waals surface area contributed by atoms with Gasteiger partial charge in [-0.1, -0.05) is 13.8 Å². The van der Waals surface area contributed by atoms with Crippen molar-refractivity contribution in [1.29, 1.82) is 0 Å². The fraction of sp³-hybridized carbons (Fsp3) is 0.500. The molecule has 1 N–H and O–H groups in total. The van der Waals surface area contributed by atoms with E-state index in [-0.39, 0.29) is 11.0 Å². The van der Waals surface area contributed by atoms with Gasteiger partial charge in [0.15, 0.2) is 0 Å². The molecule has 3 nitrogen and oxygen atoms in total. The van der Waals surface area contributed by atoms with Crippen LogP contribution in [0.15, 0.2) is 17.4 Å². The summed E-state index contributed by atoms with van der Waals surface area (Å²) in [5.41, 5.74) is 0. The monoisotopic (exact) mass is 126 g/mol. The Morgan fingerprint density at radius 3 is 2.56 bits per heavy atom. The van der Waals surface area contributed by atoms with Gasteiger partial charge in [-0.05, 0) is 0 Å². The molecule has 0 saturated carbocycles. The lowest BCUT2D eigenvalue weighted by molar-refractivity contribution is -0.684. The summed E-state index contributed by atoms with van der Waals surface area (Å²) in [5, 5.41) is 10.9. The fourth-order valence-electron chi connectivity index (χ4n) is 0.768. The smallest absolute Gasteiger partial charge is 0.208 e. The maximum atomic E-state index is 10.8. The quantitative estimate of drug-likeness (QED) is 0.490. The van der Waals surface area contributed by atoms with Crippen molar-refractivity contribution in [2.24, 2.45) is 10.9 Å². The second-order valence-electron chi connectivity index (χ2n) is 2.35. The van der Waals surface area contributed by atoms with Gasteiger partial charge in [-0.15, -0.1) is 0 Å². The van der Waals surface area contributed by atoms with Crippen LogP contribution in [0.5, 0.6) is 0 Å². The zero-order valence-corrected chi connectivity index (χ0v) is 5.59. The van der Waals surface area contributed by atoms with Gasteiger partial charge in [0, 0.05) is 5.92 Å². The molecule has 0 saturated heterocycles. The Kier molecular flexibility index (Phi) is 1.64. The second-order valence-corrected chi connectivity index (χ2v) is 2.35. The number of aliphatic imine (C=N–C) groups is 1. The molecule has 50 valence electrons. The van der Waals surface area contributed by atoms with Gasteiger partial charge in [0.2, 0.25) is 5.84 Å². The molecule has 0 aromatic carbocycles. The summed E-state index contributed by atoms with van der Waals surface area (Å²) in [6.07, 6.45) is 3.05. The van der Waals surface area contributed by atoms with Crippen LogP contribution in [0.3, 0.4) is 0 Å². The van der Waals surface area contributed by atoms with Gasteiger partial charge in [-0.3, -0.25) is 5.06 Å². The average molecular weight is 126 g/mol. The summed E-state index contributed by atoms with van der Waals surface area (Å²) >= 11 is 0. The predicted octanol–water partition coefficient (Wildman–Crippen LogP) is -0.0916. The third kappa shape index (κ3) is 1.17. The molecule has 0 aromatic heterocycles. The predicted molar refractivity (Wildman–Crippen MR) is 35.7 cm³/mol. The van der Waals surface area contributed by atoms with Crippen molar-refractivity contribution in [3.05, 3.63) is 17.6 Å². The van der Waals surface area contributed by atoms with Gasteiger partial charge in [-0.25, -0.2) is 4.99 Å². The maximum Gasteiger partial charge on any atom is 0.208 e. The Labute approximate surface area is 54.3 Å². The van der Waals surface area contributed by atoms with Gasteiger partial charge in [0.05, 0.1) is 6.20 Å². The number of hydrogen-bond acceptors (Lipinski definition) is 2. The normalized spacial score (nSPS) is 25.3. The summed E-state index contributed by atoms with van der Waals surface area (Å²) in [7, 11) is 0. The van der Waals surface area contributed by atoms with E-state index in [0.29, 0.717) is 5.84 Å². The standard InChI is InChI=1S/C6H10N2O/c1-5(2)6-7-3-4-8(6)9/h3-5,8H,1-2H3. The van der Waals surface area contributed by atoms with Crippen molar-refractivity contribution >= 4 is 5.84 Å². The van der Waals surface area contributed by atoms with E-state index in [9.17, 15) is 5.21 Å². The molecule has 1 atom stereocenters. The Hall–Kier alpha value is -0.670. The third-order valence-electron chi connectivity index (χ3n) is 1.24. The molecule has 1 aliphatic rings. The zero-order chi connectivity index (χ0) is 6.85. The minimum atomic E-state index is 0.0602. The van der Waals surface area contributed by atoms with Crippen molar-refractivity contribution < 1.29 is 5.06 Å². The molecule has 0 amide bonds. The van der Waals surface area contributed by atoms with E-state index in [1.807, 2.05) is 13.8 Å². The van der Waals surface area contributed by atoms with Crippen LogP contribution in [0.25, 0.3) is 0 Å². The van der Waals surface area contributed by atoms with E-state index in [2.05, 4.69) is 4.99 Å². The van der Waals surface area contributed by atoms with Gasteiger partial charge < -0.3 is 5.21 Å². The van der Waals surface area contributed by atoms with E-state index in [1.54, 1.807) is 6.20 Å². The Morgan fingerprint density at radius 1 is 1.67 bits per heavy atom. The molecule has 0 fully saturated rings. The van der Waals surface area contributed by atoms with Crippen molar-refractivity contribution in [3.63, 3.8) is 0 Å². The molecule has 1 rings (SSSR count). The molecule has 0 radical (unpaired) electrons. The minimum absolute atomic E-state index is 0.0602. The van der Waals surface area contributed by atoms with Crippen LogP contribution in [-0.4, -0.2) is 5.84 Å². The van der Waals surface area contributed by atoms with Crippen molar-refractivity contribution in [2.45, 2.75) is 13.8 Å². The summed E-state index contributed by atoms with van der Waals surface area (Å²) < 4.78 is 0. The van der Waals surface area contributed by atoms with Gasteiger partial charge in [0.25, 0.3) is 0 Å². The number of quaternary nitrogens is 1. The van der Waals surface area contributed by atoms with Crippen LogP contribution in [0.2, 0.25) is 0 Å². The maximum absolute atomic E-state index is 10.8. The van der Waals surface area contributed by atoms with Crippen LogP contribution in [0.1, 0.15) is 13.8 Å². The van der Waals surface area contributed by atoms with Crippen LogP contribution < -0.4 is 5.06 Å². The molecule has 1 unspecified atom stereocenters. The number of rotatable bonds is 1.